The summed E-state index contributed by atoms with van der Waals surface area (Å²) in [5, 5.41) is 11.6. The minimum absolute atomic E-state index is 0.00557. The number of para-hydroxylation sites is 1. The van der Waals surface area contributed by atoms with Crippen LogP contribution < -0.4 is 14.4 Å². The predicted molar refractivity (Wildman–Crippen MR) is 156 cm³/mol. The summed E-state index contributed by atoms with van der Waals surface area (Å²) < 4.78 is 11.6. The largest absolute Gasteiger partial charge is 0.507 e. The molecule has 4 aromatic rings. The lowest BCUT2D eigenvalue weighted by Gasteiger charge is -2.27. The molecular weight excluding hydrogens is 502 g/mol. The molecular formula is C34H31NO5. The Balaban J connectivity index is 1.60. The third-order valence-electron chi connectivity index (χ3n) is 7.05. The van der Waals surface area contributed by atoms with Gasteiger partial charge in [0.1, 0.15) is 23.9 Å². The fourth-order valence-corrected chi connectivity index (χ4v) is 5.22. The van der Waals surface area contributed by atoms with Crippen molar-refractivity contribution < 1.29 is 24.2 Å². The lowest BCUT2D eigenvalue weighted by molar-refractivity contribution is -0.132. The second-order valence-corrected chi connectivity index (χ2v) is 10.0. The number of ether oxygens (including phenoxy) is 2. The predicted octanol–water partition coefficient (Wildman–Crippen LogP) is 6.83. The van der Waals surface area contributed by atoms with Crippen LogP contribution in [0.15, 0.2) is 96.6 Å². The normalized spacial score (nSPS) is 16.3. The topological polar surface area (TPSA) is 76.1 Å². The number of rotatable bonds is 7. The Morgan fingerprint density at radius 1 is 0.825 bits per heavy atom. The number of carbonyl (C=O) groups is 2. The number of aliphatic hydroxyl groups excluding tert-OH is 1. The summed E-state index contributed by atoms with van der Waals surface area (Å²) in [5.74, 6) is -0.539. The summed E-state index contributed by atoms with van der Waals surface area (Å²) in [7, 11) is 1.54. The number of aryl methyl sites for hydroxylation is 3. The Morgan fingerprint density at radius 3 is 2.17 bits per heavy atom. The van der Waals surface area contributed by atoms with E-state index in [1.807, 2.05) is 87.5 Å². The molecule has 1 heterocycles. The summed E-state index contributed by atoms with van der Waals surface area (Å²) in [6.07, 6.45) is 0. The zero-order chi connectivity index (χ0) is 28.4. The molecule has 1 aliphatic rings. The molecule has 0 aliphatic carbocycles. The third-order valence-corrected chi connectivity index (χ3v) is 7.05. The number of anilines is 1. The summed E-state index contributed by atoms with van der Waals surface area (Å²) in [6.45, 7) is 6.16. The molecule has 0 aromatic heterocycles. The van der Waals surface area contributed by atoms with Gasteiger partial charge in [0.15, 0.2) is 0 Å². The van der Waals surface area contributed by atoms with E-state index in [2.05, 4.69) is 0 Å². The molecule has 1 amide bonds. The maximum atomic E-state index is 13.6. The molecule has 6 nitrogen and oxygen atoms in total. The molecule has 202 valence electrons. The average Bonchev–Trinajstić information content (AvgIpc) is 3.21. The first-order chi connectivity index (χ1) is 19.3. The molecule has 0 saturated carbocycles. The van der Waals surface area contributed by atoms with Crippen LogP contribution in [0.4, 0.5) is 5.69 Å². The van der Waals surface area contributed by atoms with Gasteiger partial charge in [-0.05, 0) is 79.4 Å². The number of nitrogens with zero attached hydrogens (tertiary/aromatic N) is 1. The zero-order valence-corrected chi connectivity index (χ0v) is 23.0. The van der Waals surface area contributed by atoms with Gasteiger partial charge in [0.2, 0.25) is 0 Å². The lowest BCUT2D eigenvalue weighted by Crippen LogP contribution is -2.29. The molecule has 1 unspecified atom stereocenters. The van der Waals surface area contributed by atoms with E-state index in [1.165, 1.54) is 4.90 Å². The summed E-state index contributed by atoms with van der Waals surface area (Å²) in [4.78, 5) is 28.6. The van der Waals surface area contributed by atoms with Gasteiger partial charge in [-0.25, -0.2) is 0 Å². The van der Waals surface area contributed by atoms with Crippen molar-refractivity contribution in [1.29, 1.82) is 0 Å². The van der Waals surface area contributed by atoms with Crippen LogP contribution in [0.3, 0.4) is 0 Å². The molecule has 5 rings (SSSR count). The van der Waals surface area contributed by atoms with E-state index in [-0.39, 0.29) is 11.3 Å². The van der Waals surface area contributed by atoms with E-state index < -0.39 is 17.7 Å². The molecule has 1 saturated heterocycles. The van der Waals surface area contributed by atoms with Crippen LogP contribution in [0.25, 0.3) is 5.76 Å². The SMILES string of the molecule is COc1ccccc1C1/C(=C(\O)c2ccc(OCc3ccccc3)c(C)c2)C(=O)C(=O)N1c1cc(C)cc(C)c1. The number of ketones is 1. The Labute approximate surface area is 234 Å². The van der Waals surface area contributed by atoms with Crippen molar-refractivity contribution in [3.63, 3.8) is 0 Å². The molecule has 0 bridgehead atoms. The van der Waals surface area contributed by atoms with E-state index in [4.69, 9.17) is 9.47 Å². The van der Waals surface area contributed by atoms with Crippen molar-refractivity contribution in [3.05, 3.63) is 130 Å². The molecule has 40 heavy (non-hydrogen) atoms. The van der Waals surface area contributed by atoms with Gasteiger partial charge in [-0.1, -0.05) is 54.6 Å². The van der Waals surface area contributed by atoms with Gasteiger partial charge in [-0.3, -0.25) is 14.5 Å². The zero-order valence-electron chi connectivity index (χ0n) is 23.0. The van der Waals surface area contributed by atoms with Crippen LogP contribution in [-0.2, 0) is 16.2 Å². The number of aliphatic hydroxyl groups is 1. The maximum absolute atomic E-state index is 13.6. The Kier molecular flexibility index (Phi) is 7.43. The summed E-state index contributed by atoms with van der Waals surface area (Å²) >= 11 is 0. The molecule has 1 aliphatic heterocycles. The van der Waals surface area contributed by atoms with Crippen molar-refractivity contribution in [1.82, 2.24) is 0 Å². The minimum Gasteiger partial charge on any atom is -0.507 e. The number of methoxy groups -OCH3 is 1. The molecule has 0 spiro atoms. The number of hydrogen-bond acceptors (Lipinski definition) is 5. The number of amides is 1. The molecule has 1 fully saturated rings. The van der Waals surface area contributed by atoms with Gasteiger partial charge < -0.3 is 14.6 Å². The van der Waals surface area contributed by atoms with Gasteiger partial charge in [0, 0.05) is 16.8 Å². The van der Waals surface area contributed by atoms with Crippen molar-refractivity contribution >= 4 is 23.1 Å². The summed E-state index contributed by atoms with van der Waals surface area (Å²) in [6, 6.07) is 27.2. The second kappa shape index (κ2) is 11.1. The minimum atomic E-state index is -0.883. The van der Waals surface area contributed by atoms with Gasteiger partial charge in [0.25, 0.3) is 11.7 Å². The molecule has 1 N–H and O–H groups in total. The number of Topliss-reactive ketones (excluding diaryl/α,β-unsaturated/α-hetero) is 1. The van der Waals surface area contributed by atoms with Crippen molar-refractivity contribution in [2.24, 2.45) is 0 Å². The Hall–Kier alpha value is -4.84. The Bertz CT molecular complexity index is 1600. The van der Waals surface area contributed by atoms with Crippen LogP contribution in [0.1, 0.15) is 39.4 Å². The molecule has 6 heteroatoms. The highest BCUT2D eigenvalue weighted by Gasteiger charge is 2.48. The molecule has 4 aromatic carbocycles. The van der Waals surface area contributed by atoms with Gasteiger partial charge >= 0.3 is 0 Å². The first kappa shape index (κ1) is 26.8. The first-order valence-corrected chi connectivity index (χ1v) is 13.1. The average molecular weight is 534 g/mol. The number of carbonyl (C=O) groups excluding carboxylic acids is 2. The highest BCUT2D eigenvalue weighted by Crippen LogP contribution is 2.45. The number of benzene rings is 4. The highest BCUT2D eigenvalue weighted by molar-refractivity contribution is 6.51. The Morgan fingerprint density at radius 2 is 1.50 bits per heavy atom. The monoisotopic (exact) mass is 533 g/mol. The fourth-order valence-electron chi connectivity index (χ4n) is 5.22. The second-order valence-electron chi connectivity index (χ2n) is 10.0. The highest BCUT2D eigenvalue weighted by atomic mass is 16.5. The quantitative estimate of drug-likeness (QED) is 0.160. The van der Waals surface area contributed by atoms with Gasteiger partial charge in [-0.2, -0.15) is 0 Å². The molecule has 0 radical (unpaired) electrons. The third kappa shape index (κ3) is 5.08. The van der Waals surface area contributed by atoms with Gasteiger partial charge in [-0.15, -0.1) is 0 Å². The van der Waals surface area contributed by atoms with Crippen molar-refractivity contribution in [3.8, 4) is 11.5 Å². The van der Waals surface area contributed by atoms with E-state index >= 15 is 0 Å². The van der Waals surface area contributed by atoms with Crippen LogP contribution in [0, 0.1) is 20.8 Å². The molecule has 1 atom stereocenters. The van der Waals surface area contributed by atoms with E-state index in [9.17, 15) is 14.7 Å². The van der Waals surface area contributed by atoms with Crippen LogP contribution in [0.2, 0.25) is 0 Å². The van der Waals surface area contributed by atoms with Crippen molar-refractivity contribution in [2.75, 3.05) is 12.0 Å². The smallest absolute Gasteiger partial charge is 0.300 e. The first-order valence-electron chi connectivity index (χ1n) is 13.1. The van der Waals surface area contributed by atoms with E-state index in [0.29, 0.717) is 34.9 Å². The van der Waals surface area contributed by atoms with Gasteiger partial charge in [0.05, 0.1) is 18.7 Å². The van der Waals surface area contributed by atoms with Crippen molar-refractivity contribution in [2.45, 2.75) is 33.4 Å². The van der Waals surface area contributed by atoms with E-state index in [1.54, 1.807) is 31.4 Å². The fraction of sp³-hybridized carbons (Fsp3) is 0.176. The lowest BCUT2D eigenvalue weighted by atomic mass is 9.94. The van der Waals surface area contributed by atoms with Crippen LogP contribution >= 0.6 is 0 Å². The summed E-state index contributed by atoms with van der Waals surface area (Å²) in [5.41, 5.74) is 5.35. The van der Waals surface area contributed by atoms with Crippen LogP contribution in [0.5, 0.6) is 11.5 Å². The van der Waals surface area contributed by atoms with E-state index in [0.717, 1.165) is 22.3 Å². The van der Waals surface area contributed by atoms with Crippen LogP contribution in [-0.4, -0.2) is 23.9 Å². The maximum Gasteiger partial charge on any atom is 0.300 e. The number of hydrogen-bond donors (Lipinski definition) is 1. The standard InChI is InChI=1S/C34H31NO5/c1-21-16-22(2)18-26(17-21)35-31(27-12-8-9-13-29(27)39-4)30(33(37)34(35)38)32(36)25-14-15-28(23(3)19-25)40-20-24-10-6-5-7-11-24/h5-19,31,36H,20H2,1-4H3/b32-30+.